The summed E-state index contributed by atoms with van der Waals surface area (Å²) in [5, 5.41) is 17.1. The number of amides is 1. The molecule has 0 radical (unpaired) electrons. The zero-order chi connectivity index (χ0) is 20.5. The molecule has 0 atom stereocenters. The Hall–Kier alpha value is -3.58. The first-order valence-electron chi connectivity index (χ1n) is 8.90. The lowest BCUT2D eigenvalue weighted by Gasteiger charge is -2.07. The number of carbonyl (C=O) groups excluding carboxylic acids is 1. The molecule has 6 nitrogen and oxygen atoms in total. The molecule has 7 heteroatoms. The number of carbonyl (C=O) groups is 2. The monoisotopic (exact) mass is 403 g/mol. The van der Waals surface area contributed by atoms with E-state index in [0.29, 0.717) is 16.4 Å². The van der Waals surface area contributed by atoms with Crippen LogP contribution in [0.3, 0.4) is 0 Å². The number of hydrazone groups is 1. The number of carboxylic acid groups (broad SMARTS) is 1. The Bertz CT molecular complexity index is 1160. The van der Waals surface area contributed by atoms with Gasteiger partial charge in [-0.2, -0.15) is 10.1 Å². The van der Waals surface area contributed by atoms with Gasteiger partial charge in [0.2, 0.25) is 5.13 Å². The van der Waals surface area contributed by atoms with Gasteiger partial charge in [0, 0.05) is 10.9 Å². The van der Waals surface area contributed by atoms with E-state index in [9.17, 15) is 9.59 Å². The first-order valence-corrected chi connectivity index (χ1v) is 9.78. The molecule has 144 valence electrons. The van der Waals surface area contributed by atoms with Crippen LogP contribution in [0.2, 0.25) is 0 Å². The van der Waals surface area contributed by atoms with Crippen molar-refractivity contribution in [3.8, 4) is 11.3 Å². The quantitative estimate of drug-likeness (QED) is 0.644. The van der Waals surface area contributed by atoms with E-state index in [-0.39, 0.29) is 11.5 Å². The van der Waals surface area contributed by atoms with Crippen molar-refractivity contribution in [1.82, 2.24) is 4.98 Å². The molecular formula is C22H17N3O3S. The molecule has 29 heavy (non-hydrogen) atoms. The summed E-state index contributed by atoms with van der Waals surface area (Å²) in [6.45, 7) is 3.80. The Morgan fingerprint density at radius 2 is 1.76 bits per heavy atom. The molecule has 0 fully saturated rings. The Kier molecular flexibility index (Phi) is 4.82. The third kappa shape index (κ3) is 3.72. The molecule has 1 aliphatic heterocycles. The SMILES string of the molecule is CC1=NN(c2nc(-c3ccc(C)cc3)cs2)C(=O)/C1=C/c1ccc(C(=O)O)cc1. The molecule has 1 aliphatic rings. The molecule has 0 saturated heterocycles. The highest BCUT2D eigenvalue weighted by Crippen LogP contribution is 2.31. The molecule has 1 aromatic heterocycles. The van der Waals surface area contributed by atoms with Crippen molar-refractivity contribution in [1.29, 1.82) is 0 Å². The highest BCUT2D eigenvalue weighted by Gasteiger charge is 2.30. The van der Waals surface area contributed by atoms with Crippen molar-refractivity contribution in [2.45, 2.75) is 13.8 Å². The second kappa shape index (κ2) is 7.44. The molecule has 2 aromatic carbocycles. The Balaban J connectivity index is 1.59. The number of carboxylic acids is 1. The fourth-order valence-corrected chi connectivity index (χ4v) is 3.70. The summed E-state index contributed by atoms with van der Waals surface area (Å²) in [7, 11) is 0. The van der Waals surface area contributed by atoms with Crippen LogP contribution >= 0.6 is 11.3 Å². The average Bonchev–Trinajstić information content (AvgIpc) is 3.29. The Morgan fingerprint density at radius 1 is 1.07 bits per heavy atom. The summed E-state index contributed by atoms with van der Waals surface area (Å²) < 4.78 is 0. The first kappa shape index (κ1) is 18.8. The number of hydrogen-bond acceptors (Lipinski definition) is 5. The average molecular weight is 403 g/mol. The molecular weight excluding hydrogens is 386 g/mol. The number of thiazole rings is 1. The van der Waals surface area contributed by atoms with Gasteiger partial charge in [0.1, 0.15) is 0 Å². The molecule has 0 spiro atoms. The summed E-state index contributed by atoms with van der Waals surface area (Å²) in [4.78, 5) is 28.5. The maximum atomic E-state index is 12.9. The maximum Gasteiger partial charge on any atom is 0.335 e. The van der Waals surface area contributed by atoms with Gasteiger partial charge in [0.25, 0.3) is 5.91 Å². The minimum Gasteiger partial charge on any atom is -0.478 e. The van der Waals surface area contributed by atoms with Gasteiger partial charge in [0.05, 0.1) is 22.5 Å². The van der Waals surface area contributed by atoms with Crippen LogP contribution in [0.4, 0.5) is 5.13 Å². The second-order valence-electron chi connectivity index (χ2n) is 6.67. The lowest BCUT2D eigenvalue weighted by atomic mass is 10.1. The number of aryl methyl sites for hydroxylation is 1. The number of hydrogen-bond donors (Lipinski definition) is 1. The van der Waals surface area contributed by atoms with E-state index in [0.717, 1.165) is 16.8 Å². The third-order valence-electron chi connectivity index (χ3n) is 4.55. The predicted octanol–water partition coefficient (Wildman–Crippen LogP) is 4.62. The number of aromatic carboxylic acids is 1. The number of rotatable bonds is 4. The first-order chi connectivity index (χ1) is 13.9. The molecule has 0 bridgehead atoms. The van der Waals surface area contributed by atoms with Gasteiger partial charge >= 0.3 is 5.97 Å². The van der Waals surface area contributed by atoms with Crippen molar-refractivity contribution < 1.29 is 14.7 Å². The standard InChI is InChI=1S/C22H17N3O3S/c1-13-3-7-16(8-4-13)19-12-29-22(23-19)25-20(26)18(14(2)24-25)11-15-5-9-17(10-6-15)21(27)28/h3-12H,1-2H3,(H,27,28)/b18-11+. The van der Waals surface area contributed by atoms with Crippen molar-refractivity contribution in [3.63, 3.8) is 0 Å². The van der Waals surface area contributed by atoms with E-state index in [4.69, 9.17) is 5.11 Å². The molecule has 0 saturated carbocycles. The second-order valence-corrected chi connectivity index (χ2v) is 7.51. The lowest BCUT2D eigenvalue weighted by molar-refractivity contribution is -0.114. The highest BCUT2D eigenvalue weighted by atomic mass is 32.1. The molecule has 4 rings (SSSR count). The molecule has 0 aliphatic carbocycles. The van der Waals surface area contributed by atoms with E-state index in [1.807, 2.05) is 36.6 Å². The molecule has 1 N–H and O–H groups in total. The van der Waals surface area contributed by atoms with E-state index in [2.05, 4.69) is 10.1 Å². The molecule has 2 heterocycles. The predicted molar refractivity (Wildman–Crippen MR) is 114 cm³/mol. The van der Waals surface area contributed by atoms with Gasteiger partial charge in [-0.25, -0.2) is 9.78 Å². The summed E-state index contributed by atoms with van der Waals surface area (Å²) in [6, 6.07) is 14.4. The van der Waals surface area contributed by atoms with Crippen molar-refractivity contribution >= 4 is 40.1 Å². The third-order valence-corrected chi connectivity index (χ3v) is 5.37. The Morgan fingerprint density at radius 3 is 2.41 bits per heavy atom. The van der Waals surface area contributed by atoms with Gasteiger partial charge in [-0.15, -0.1) is 11.3 Å². The van der Waals surface area contributed by atoms with Crippen molar-refractivity contribution in [2.75, 3.05) is 5.01 Å². The highest BCUT2D eigenvalue weighted by molar-refractivity contribution is 7.14. The number of benzene rings is 2. The summed E-state index contributed by atoms with van der Waals surface area (Å²) in [5.41, 5.74) is 4.93. The van der Waals surface area contributed by atoms with Gasteiger partial charge < -0.3 is 5.11 Å². The van der Waals surface area contributed by atoms with E-state index in [1.165, 1.54) is 34.0 Å². The van der Waals surface area contributed by atoms with Gasteiger partial charge in [-0.3, -0.25) is 4.79 Å². The minimum atomic E-state index is -0.988. The fourth-order valence-electron chi connectivity index (χ4n) is 2.92. The molecule has 1 amide bonds. The van der Waals surface area contributed by atoms with Crippen LogP contribution in [0, 0.1) is 6.92 Å². The summed E-state index contributed by atoms with van der Waals surface area (Å²) >= 11 is 1.36. The zero-order valence-electron chi connectivity index (χ0n) is 15.8. The van der Waals surface area contributed by atoms with Gasteiger partial charge in [-0.1, -0.05) is 42.0 Å². The molecule has 3 aromatic rings. The van der Waals surface area contributed by atoms with Crippen molar-refractivity contribution in [3.05, 3.63) is 76.2 Å². The van der Waals surface area contributed by atoms with Crippen LogP contribution in [0.15, 0.2) is 64.6 Å². The minimum absolute atomic E-state index is 0.198. The lowest BCUT2D eigenvalue weighted by Crippen LogP contribution is -2.21. The van der Waals surface area contributed by atoms with Crippen LogP contribution in [0.25, 0.3) is 17.3 Å². The van der Waals surface area contributed by atoms with Crippen LogP contribution in [-0.2, 0) is 4.79 Å². The summed E-state index contributed by atoms with van der Waals surface area (Å²) in [6.07, 6.45) is 1.71. The van der Waals surface area contributed by atoms with Crippen LogP contribution in [0.1, 0.15) is 28.4 Å². The zero-order valence-corrected chi connectivity index (χ0v) is 16.6. The van der Waals surface area contributed by atoms with Crippen LogP contribution in [-0.4, -0.2) is 27.7 Å². The van der Waals surface area contributed by atoms with Gasteiger partial charge in [-0.05, 0) is 37.6 Å². The summed E-state index contributed by atoms with van der Waals surface area (Å²) in [5.74, 6) is -1.24. The van der Waals surface area contributed by atoms with Gasteiger partial charge in [0.15, 0.2) is 0 Å². The van der Waals surface area contributed by atoms with E-state index >= 15 is 0 Å². The normalized spacial score (nSPS) is 15.1. The van der Waals surface area contributed by atoms with Crippen LogP contribution in [0.5, 0.6) is 0 Å². The van der Waals surface area contributed by atoms with E-state index in [1.54, 1.807) is 25.1 Å². The fraction of sp³-hybridized carbons (Fsp3) is 0.0909. The largest absolute Gasteiger partial charge is 0.478 e. The van der Waals surface area contributed by atoms with E-state index < -0.39 is 5.97 Å². The van der Waals surface area contributed by atoms with Crippen LogP contribution < -0.4 is 5.01 Å². The maximum absolute atomic E-state index is 12.9. The van der Waals surface area contributed by atoms with Crippen molar-refractivity contribution in [2.24, 2.45) is 5.10 Å². The smallest absolute Gasteiger partial charge is 0.335 e. The Labute approximate surface area is 171 Å². The topological polar surface area (TPSA) is 82.9 Å². The number of aromatic nitrogens is 1. The number of anilines is 1. The number of nitrogens with zero attached hydrogens (tertiary/aromatic N) is 3. The molecule has 0 unspecified atom stereocenters.